The Morgan fingerprint density at radius 1 is 1.29 bits per heavy atom. The zero-order chi connectivity index (χ0) is 12.1. The number of carbonyl (C=O) groups excluding carboxylic acids is 2. The van der Waals surface area contributed by atoms with Gasteiger partial charge in [0.05, 0.1) is 0 Å². The van der Waals surface area contributed by atoms with Gasteiger partial charge in [-0.3, -0.25) is 9.59 Å². The summed E-state index contributed by atoms with van der Waals surface area (Å²) in [6, 6.07) is 9.24. The summed E-state index contributed by atoms with van der Waals surface area (Å²) in [6.07, 6.45) is 1.62. The summed E-state index contributed by atoms with van der Waals surface area (Å²) in [7, 11) is 0. The Labute approximate surface area is 105 Å². The maximum Gasteiger partial charge on any atom is 0.222 e. The predicted molar refractivity (Wildman–Crippen MR) is 69.0 cm³/mol. The number of rotatable bonds is 4. The fourth-order valence-electron chi connectivity index (χ4n) is 1.85. The molecule has 0 saturated carbocycles. The Balaban J connectivity index is 1.75. The molecule has 0 aromatic heterocycles. The molecule has 1 aliphatic heterocycles. The molecule has 2 rings (SSSR count). The van der Waals surface area contributed by atoms with E-state index in [2.05, 4.69) is 0 Å². The van der Waals surface area contributed by atoms with Crippen LogP contribution in [-0.2, 0) is 4.79 Å². The summed E-state index contributed by atoms with van der Waals surface area (Å²) in [5.74, 6) is 0.900. The van der Waals surface area contributed by atoms with E-state index in [0.29, 0.717) is 18.7 Å². The number of nitrogens with zero attached hydrogens (tertiary/aromatic N) is 1. The summed E-state index contributed by atoms with van der Waals surface area (Å²) in [6.45, 7) is 1.53. The minimum absolute atomic E-state index is 0.0808. The smallest absolute Gasteiger partial charge is 0.222 e. The van der Waals surface area contributed by atoms with Crippen molar-refractivity contribution in [1.29, 1.82) is 0 Å². The second-order valence-corrected chi connectivity index (χ2v) is 5.05. The van der Waals surface area contributed by atoms with Crippen LogP contribution < -0.4 is 0 Å². The summed E-state index contributed by atoms with van der Waals surface area (Å²) in [5.41, 5.74) is 0.727. The first kappa shape index (κ1) is 12.2. The number of carbonyl (C=O) groups is 2. The monoisotopic (exact) mass is 249 g/mol. The second-order valence-electron chi connectivity index (χ2n) is 3.99. The fourth-order valence-corrected chi connectivity index (χ4v) is 2.65. The van der Waals surface area contributed by atoms with Gasteiger partial charge in [0.2, 0.25) is 11.0 Å². The molecule has 0 aliphatic carbocycles. The lowest BCUT2D eigenvalue weighted by Crippen LogP contribution is -2.27. The quantitative estimate of drug-likeness (QED) is 0.820. The molecule has 17 heavy (non-hydrogen) atoms. The van der Waals surface area contributed by atoms with E-state index in [1.807, 2.05) is 35.2 Å². The van der Waals surface area contributed by atoms with Crippen molar-refractivity contribution in [3.05, 3.63) is 35.9 Å². The van der Waals surface area contributed by atoms with Gasteiger partial charge in [-0.25, -0.2) is 0 Å². The van der Waals surface area contributed by atoms with E-state index < -0.39 is 0 Å². The lowest BCUT2D eigenvalue weighted by molar-refractivity contribution is -0.127. The van der Waals surface area contributed by atoms with E-state index in [-0.39, 0.29) is 11.0 Å². The highest BCUT2D eigenvalue weighted by Gasteiger charge is 2.19. The van der Waals surface area contributed by atoms with Gasteiger partial charge in [0.15, 0.2) is 0 Å². The average Bonchev–Trinajstić information content (AvgIpc) is 2.76. The second kappa shape index (κ2) is 5.87. The van der Waals surface area contributed by atoms with Gasteiger partial charge < -0.3 is 4.90 Å². The van der Waals surface area contributed by atoms with Crippen LogP contribution in [0, 0.1) is 0 Å². The molecular formula is C13H15NO2S. The molecule has 4 heteroatoms. The molecule has 1 aliphatic rings. The van der Waals surface area contributed by atoms with Gasteiger partial charge in [0.25, 0.3) is 0 Å². The highest BCUT2D eigenvalue weighted by Crippen LogP contribution is 2.14. The van der Waals surface area contributed by atoms with Gasteiger partial charge in [0.1, 0.15) is 0 Å². The fraction of sp³-hybridized carbons (Fsp3) is 0.385. The SMILES string of the molecule is O=C(SCCN1CCCC1=O)c1ccccc1. The van der Waals surface area contributed by atoms with Crippen molar-refractivity contribution in [2.24, 2.45) is 0 Å². The number of benzene rings is 1. The van der Waals surface area contributed by atoms with Crippen molar-refractivity contribution in [3.8, 4) is 0 Å². The molecule has 0 spiro atoms. The van der Waals surface area contributed by atoms with Gasteiger partial charge in [-0.15, -0.1) is 0 Å². The van der Waals surface area contributed by atoms with Crippen LogP contribution in [0.4, 0.5) is 0 Å². The lowest BCUT2D eigenvalue weighted by Gasteiger charge is -2.14. The van der Waals surface area contributed by atoms with Crippen LogP contribution in [0.3, 0.4) is 0 Å². The van der Waals surface area contributed by atoms with Crippen LogP contribution in [-0.4, -0.2) is 34.8 Å². The van der Waals surface area contributed by atoms with Crippen LogP contribution in [0.25, 0.3) is 0 Å². The minimum Gasteiger partial charge on any atom is -0.342 e. The van der Waals surface area contributed by atoms with E-state index in [4.69, 9.17) is 0 Å². The van der Waals surface area contributed by atoms with Crippen molar-refractivity contribution in [1.82, 2.24) is 4.90 Å². The summed E-state index contributed by atoms with van der Waals surface area (Å²) >= 11 is 1.29. The standard InChI is InChI=1S/C13H15NO2S/c15-12-7-4-8-14(12)9-10-17-13(16)11-5-2-1-3-6-11/h1-3,5-6H,4,7-10H2. The van der Waals surface area contributed by atoms with Crippen molar-refractivity contribution >= 4 is 22.8 Å². The highest BCUT2D eigenvalue weighted by atomic mass is 32.2. The van der Waals surface area contributed by atoms with Crippen molar-refractivity contribution in [3.63, 3.8) is 0 Å². The summed E-state index contributed by atoms with van der Waals surface area (Å²) in [5, 5.41) is 0.0808. The zero-order valence-corrected chi connectivity index (χ0v) is 10.4. The molecule has 1 aromatic carbocycles. The van der Waals surface area contributed by atoms with Crippen LogP contribution >= 0.6 is 11.8 Å². The predicted octanol–water partition coefficient (Wildman–Crippen LogP) is 2.18. The van der Waals surface area contributed by atoms with Crippen LogP contribution in [0.5, 0.6) is 0 Å². The van der Waals surface area contributed by atoms with Crippen molar-refractivity contribution in [2.45, 2.75) is 12.8 Å². The topological polar surface area (TPSA) is 37.4 Å². The highest BCUT2D eigenvalue weighted by molar-refractivity contribution is 8.14. The third kappa shape index (κ3) is 3.33. The Hall–Kier alpha value is -1.29. The van der Waals surface area contributed by atoms with E-state index in [1.54, 1.807) is 0 Å². The van der Waals surface area contributed by atoms with Crippen LogP contribution in [0.2, 0.25) is 0 Å². The Kier molecular flexibility index (Phi) is 4.20. The summed E-state index contributed by atoms with van der Waals surface area (Å²) in [4.78, 5) is 24.9. The zero-order valence-electron chi connectivity index (χ0n) is 9.59. The molecule has 3 nitrogen and oxygen atoms in total. The molecular weight excluding hydrogens is 234 g/mol. The first-order valence-corrected chi connectivity index (χ1v) is 6.76. The molecule has 0 radical (unpaired) electrons. The maximum atomic E-state index is 11.8. The van der Waals surface area contributed by atoms with Crippen LogP contribution in [0.15, 0.2) is 30.3 Å². The molecule has 1 amide bonds. The molecule has 90 valence electrons. The largest absolute Gasteiger partial charge is 0.342 e. The first-order chi connectivity index (χ1) is 8.27. The van der Waals surface area contributed by atoms with Gasteiger partial charge in [-0.2, -0.15) is 0 Å². The van der Waals surface area contributed by atoms with Crippen molar-refractivity contribution < 1.29 is 9.59 Å². The maximum absolute atomic E-state index is 11.8. The van der Waals surface area contributed by atoms with E-state index in [9.17, 15) is 9.59 Å². The Bertz CT molecular complexity index is 405. The van der Waals surface area contributed by atoms with E-state index in [1.165, 1.54) is 11.8 Å². The number of likely N-dealkylation sites (tertiary alicyclic amines) is 1. The number of hydrogen-bond donors (Lipinski definition) is 0. The molecule has 1 saturated heterocycles. The molecule has 1 heterocycles. The van der Waals surface area contributed by atoms with Gasteiger partial charge in [-0.1, -0.05) is 42.1 Å². The number of thioether (sulfide) groups is 1. The third-order valence-electron chi connectivity index (χ3n) is 2.78. The average molecular weight is 249 g/mol. The number of hydrogen-bond acceptors (Lipinski definition) is 3. The molecule has 0 atom stereocenters. The van der Waals surface area contributed by atoms with E-state index >= 15 is 0 Å². The van der Waals surface area contributed by atoms with Crippen LogP contribution in [0.1, 0.15) is 23.2 Å². The normalized spacial score (nSPS) is 15.3. The van der Waals surface area contributed by atoms with Gasteiger partial charge >= 0.3 is 0 Å². The molecule has 0 N–H and O–H groups in total. The minimum atomic E-state index is 0.0808. The molecule has 1 fully saturated rings. The third-order valence-corrected chi connectivity index (χ3v) is 3.66. The van der Waals surface area contributed by atoms with Gasteiger partial charge in [-0.05, 0) is 6.42 Å². The van der Waals surface area contributed by atoms with E-state index in [0.717, 1.165) is 18.5 Å². The Morgan fingerprint density at radius 3 is 2.71 bits per heavy atom. The van der Waals surface area contributed by atoms with Gasteiger partial charge in [0, 0.05) is 30.8 Å². The molecule has 1 aromatic rings. The lowest BCUT2D eigenvalue weighted by atomic mass is 10.2. The Morgan fingerprint density at radius 2 is 2.06 bits per heavy atom. The molecule has 0 unspecified atom stereocenters. The summed E-state index contributed by atoms with van der Waals surface area (Å²) < 4.78 is 0. The number of amides is 1. The molecule has 0 bridgehead atoms. The van der Waals surface area contributed by atoms with Crippen molar-refractivity contribution in [2.75, 3.05) is 18.8 Å². The first-order valence-electron chi connectivity index (χ1n) is 5.77.